The normalized spacial score (nSPS) is 29.2. The third-order valence-corrected chi connectivity index (χ3v) is 3.45. The predicted molar refractivity (Wildman–Crippen MR) is 69.4 cm³/mol. The van der Waals surface area contributed by atoms with E-state index in [0.717, 1.165) is 45.6 Å². The molecule has 0 aromatic heterocycles. The number of carbonyl (C=O) groups is 1. The molecular weight excluding hydrogens is 240 g/mol. The van der Waals surface area contributed by atoms with Crippen molar-refractivity contribution in [3.8, 4) is 0 Å². The SMILES string of the molecule is Cl.O=C(NCC1CCCOC1)[C@@H]1CCCCN1. The molecule has 100 valence electrons. The van der Waals surface area contributed by atoms with E-state index in [0.29, 0.717) is 5.92 Å². The highest BCUT2D eigenvalue weighted by atomic mass is 35.5. The minimum absolute atomic E-state index is 0. The molecule has 0 bridgehead atoms. The fourth-order valence-electron chi connectivity index (χ4n) is 2.41. The topological polar surface area (TPSA) is 50.4 Å². The van der Waals surface area contributed by atoms with Crippen molar-refractivity contribution in [2.45, 2.75) is 38.1 Å². The second-order valence-electron chi connectivity index (χ2n) is 4.83. The smallest absolute Gasteiger partial charge is 0.237 e. The molecule has 5 heteroatoms. The van der Waals surface area contributed by atoms with Crippen molar-refractivity contribution in [1.29, 1.82) is 0 Å². The lowest BCUT2D eigenvalue weighted by Crippen LogP contribution is -2.48. The van der Waals surface area contributed by atoms with Gasteiger partial charge in [-0.1, -0.05) is 6.42 Å². The number of hydrogen-bond donors (Lipinski definition) is 2. The van der Waals surface area contributed by atoms with Crippen LogP contribution < -0.4 is 10.6 Å². The Bertz CT molecular complexity index is 227. The van der Waals surface area contributed by atoms with Gasteiger partial charge in [0.15, 0.2) is 0 Å². The maximum absolute atomic E-state index is 11.8. The van der Waals surface area contributed by atoms with Gasteiger partial charge in [-0.05, 0) is 38.1 Å². The lowest BCUT2D eigenvalue weighted by Gasteiger charge is -2.25. The number of nitrogens with one attached hydrogen (secondary N) is 2. The van der Waals surface area contributed by atoms with Crippen LogP contribution in [0.4, 0.5) is 0 Å². The Balaban J connectivity index is 0.00000144. The second-order valence-corrected chi connectivity index (χ2v) is 4.83. The molecule has 4 nitrogen and oxygen atoms in total. The summed E-state index contributed by atoms with van der Waals surface area (Å²) in [6.45, 7) is 3.44. The zero-order valence-corrected chi connectivity index (χ0v) is 11.1. The Morgan fingerprint density at radius 3 is 2.82 bits per heavy atom. The Hall–Kier alpha value is -0.320. The van der Waals surface area contributed by atoms with E-state index in [-0.39, 0.29) is 24.4 Å². The van der Waals surface area contributed by atoms with Crippen LogP contribution >= 0.6 is 12.4 Å². The van der Waals surface area contributed by atoms with E-state index >= 15 is 0 Å². The van der Waals surface area contributed by atoms with Crippen LogP contribution in [-0.4, -0.2) is 38.3 Å². The first-order valence-electron chi connectivity index (χ1n) is 6.45. The molecule has 2 rings (SSSR count). The highest BCUT2D eigenvalue weighted by Crippen LogP contribution is 2.12. The van der Waals surface area contributed by atoms with Crippen LogP contribution in [0, 0.1) is 5.92 Å². The fraction of sp³-hybridized carbons (Fsp3) is 0.917. The van der Waals surface area contributed by atoms with Crippen LogP contribution in [0.1, 0.15) is 32.1 Å². The van der Waals surface area contributed by atoms with Crippen LogP contribution in [0.5, 0.6) is 0 Å². The van der Waals surface area contributed by atoms with Gasteiger partial charge in [0, 0.05) is 13.2 Å². The second kappa shape index (κ2) is 7.90. The summed E-state index contributed by atoms with van der Waals surface area (Å²) >= 11 is 0. The molecule has 2 fully saturated rings. The van der Waals surface area contributed by atoms with Crippen LogP contribution in [0.25, 0.3) is 0 Å². The molecule has 0 aliphatic carbocycles. The van der Waals surface area contributed by atoms with Gasteiger partial charge in [-0.2, -0.15) is 0 Å². The van der Waals surface area contributed by atoms with E-state index < -0.39 is 0 Å². The van der Waals surface area contributed by atoms with Gasteiger partial charge in [0.05, 0.1) is 12.6 Å². The average Bonchev–Trinajstić information content (AvgIpc) is 2.38. The van der Waals surface area contributed by atoms with Crippen LogP contribution in [0.15, 0.2) is 0 Å². The molecule has 17 heavy (non-hydrogen) atoms. The zero-order chi connectivity index (χ0) is 11.2. The largest absolute Gasteiger partial charge is 0.381 e. The number of hydrogen-bond acceptors (Lipinski definition) is 3. The molecule has 0 saturated carbocycles. The number of ether oxygens (including phenoxy) is 1. The minimum atomic E-state index is 0. The van der Waals surface area contributed by atoms with Crippen molar-refractivity contribution in [1.82, 2.24) is 10.6 Å². The summed E-state index contributed by atoms with van der Waals surface area (Å²) in [7, 11) is 0. The third kappa shape index (κ3) is 4.82. The number of carbonyl (C=O) groups excluding carboxylic acids is 1. The monoisotopic (exact) mass is 262 g/mol. The summed E-state index contributed by atoms with van der Waals surface area (Å²) in [6.07, 6.45) is 5.64. The minimum Gasteiger partial charge on any atom is -0.381 e. The van der Waals surface area contributed by atoms with E-state index in [1.54, 1.807) is 0 Å². The maximum Gasteiger partial charge on any atom is 0.237 e. The molecule has 1 unspecified atom stereocenters. The molecule has 2 saturated heterocycles. The van der Waals surface area contributed by atoms with Crippen molar-refractivity contribution in [2.24, 2.45) is 5.92 Å². The highest BCUT2D eigenvalue weighted by molar-refractivity contribution is 5.85. The van der Waals surface area contributed by atoms with E-state index in [9.17, 15) is 4.79 Å². The van der Waals surface area contributed by atoms with Crippen molar-refractivity contribution in [3.63, 3.8) is 0 Å². The van der Waals surface area contributed by atoms with Gasteiger partial charge >= 0.3 is 0 Å². The summed E-state index contributed by atoms with van der Waals surface area (Å²) in [6, 6.07) is 0.0401. The highest BCUT2D eigenvalue weighted by Gasteiger charge is 2.21. The third-order valence-electron chi connectivity index (χ3n) is 3.45. The Labute approximate surface area is 109 Å². The summed E-state index contributed by atoms with van der Waals surface area (Å²) in [5.41, 5.74) is 0. The molecule has 2 aliphatic rings. The van der Waals surface area contributed by atoms with Gasteiger partial charge in [-0.3, -0.25) is 4.79 Å². The first-order valence-corrected chi connectivity index (χ1v) is 6.45. The first-order chi connectivity index (χ1) is 7.86. The number of halogens is 1. The number of rotatable bonds is 3. The maximum atomic E-state index is 11.8. The molecular formula is C12H23ClN2O2. The van der Waals surface area contributed by atoms with Crippen molar-refractivity contribution in [2.75, 3.05) is 26.3 Å². The van der Waals surface area contributed by atoms with Crippen molar-refractivity contribution >= 4 is 18.3 Å². The number of piperidine rings is 1. The molecule has 0 aromatic carbocycles. The average molecular weight is 263 g/mol. The summed E-state index contributed by atoms with van der Waals surface area (Å²) < 4.78 is 5.39. The van der Waals surface area contributed by atoms with E-state index in [4.69, 9.17) is 4.74 Å². The molecule has 2 atom stereocenters. The van der Waals surface area contributed by atoms with E-state index in [1.165, 1.54) is 12.8 Å². The fourth-order valence-corrected chi connectivity index (χ4v) is 2.41. The standard InChI is InChI=1S/C12H22N2O2.ClH/c15-12(11-5-1-2-6-13-11)14-8-10-4-3-7-16-9-10;/h10-11,13H,1-9H2,(H,14,15);1H/t10?,11-;/m0./s1. The van der Waals surface area contributed by atoms with Gasteiger partial charge < -0.3 is 15.4 Å². The quantitative estimate of drug-likeness (QED) is 0.801. The molecule has 2 heterocycles. The van der Waals surface area contributed by atoms with Crippen LogP contribution in [-0.2, 0) is 9.53 Å². The Morgan fingerprint density at radius 2 is 2.18 bits per heavy atom. The van der Waals surface area contributed by atoms with E-state index in [1.807, 2.05) is 0 Å². The van der Waals surface area contributed by atoms with Gasteiger partial charge in [-0.25, -0.2) is 0 Å². The lowest BCUT2D eigenvalue weighted by molar-refractivity contribution is -0.124. The number of amides is 1. The summed E-state index contributed by atoms with van der Waals surface area (Å²) in [5.74, 6) is 0.687. The van der Waals surface area contributed by atoms with Crippen molar-refractivity contribution < 1.29 is 9.53 Å². The lowest BCUT2D eigenvalue weighted by atomic mass is 10.0. The molecule has 0 spiro atoms. The van der Waals surface area contributed by atoms with Gasteiger partial charge in [0.1, 0.15) is 0 Å². The summed E-state index contributed by atoms with van der Waals surface area (Å²) in [4.78, 5) is 11.8. The van der Waals surface area contributed by atoms with Crippen molar-refractivity contribution in [3.05, 3.63) is 0 Å². The zero-order valence-electron chi connectivity index (χ0n) is 10.2. The van der Waals surface area contributed by atoms with E-state index in [2.05, 4.69) is 10.6 Å². The molecule has 1 amide bonds. The van der Waals surface area contributed by atoms with Gasteiger partial charge in [0.25, 0.3) is 0 Å². The van der Waals surface area contributed by atoms with Crippen LogP contribution in [0.2, 0.25) is 0 Å². The molecule has 0 radical (unpaired) electrons. The molecule has 2 N–H and O–H groups in total. The molecule has 0 aromatic rings. The Kier molecular flexibility index (Phi) is 6.85. The Morgan fingerprint density at radius 1 is 1.29 bits per heavy atom. The first kappa shape index (κ1) is 14.7. The summed E-state index contributed by atoms with van der Waals surface area (Å²) in [5, 5.41) is 6.30. The predicted octanol–water partition coefficient (Wildman–Crippen LogP) is 1.09. The van der Waals surface area contributed by atoms with Gasteiger partial charge in [-0.15, -0.1) is 12.4 Å². The van der Waals surface area contributed by atoms with Crippen LogP contribution in [0.3, 0.4) is 0 Å². The molecule has 2 aliphatic heterocycles. The van der Waals surface area contributed by atoms with Gasteiger partial charge in [0.2, 0.25) is 5.91 Å².